The summed E-state index contributed by atoms with van der Waals surface area (Å²) >= 11 is 0. The third-order valence-corrected chi connectivity index (χ3v) is 3.23. The minimum atomic E-state index is -0.860. The molecule has 104 valence electrons. The summed E-state index contributed by atoms with van der Waals surface area (Å²) in [6.45, 7) is 4.78. The van der Waals surface area contributed by atoms with Crippen LogP contribution in [0.1, 0.15) is 39.5 Å². The Kier molecular flexibility index (Phi) is 5.59. The van der Waals surface area contributed by atoms with E-state index in [2.05, 4.69) is 13.8 Å². The third-order valence-electron chi connectivity index (χ3n) is 3.23. The molecule has 1 aliphatic rings. The Labute approximate surface area is 108 Å². The second-order valence-corrected chi connectivity index (χ2v) is 5.47. The maximum Gasteiger partial charge on any atom is 0.305 e. The topological polar surface area (TPSA) is 83.6 Å². The molecule has 18 heavy (non-hydrogen) atoms. The summed E-state index contributed by atoms with van der Waals surface area (Å²) in [7, 11) is 0. The van der Waals surface area contributed by atoms with E-state index in [9.17, 15) is 9.59 Å². The molecular formula is C13H24N2O3. The predicted octanol–water partition coefficient (Wildman–Crippen LogP) is 1.07. The molecule has 0 radical (unpaired) electrons. The first-order chi connectivity index (χ1) is 8.45. The second kappa shape index (κ2) is 6.73. The van der Waals surface area contributed by atoms with E-state index in [0.29, 0.717) is 19.0 Å². The van der Waals surface area contributed by atoms with Gasteiger partial charge in [0, 0.05) is 19.1 Å². The van der Waals surface area contributed by atoms with Gasteiger partial charge in [-0.25, -0.2) is 0 Å². The van der Waals surface area contributed by atoms with E-state index < -0.39 is 5.97 Å². The number of aliphatic carboxylic acids is 1. The Morgan fingerprint density at radius 1 is 1.39 bits per heavy atom. The number of rotatable bonds is 8. The summed E-state index contributed by atoms with van der Waals surface area (Å²) in [6.07, 6.45) is 2.77. The Morgan fingerprint density at radius 2 is 2.00 bits per heavy atom. The van der Waals surface area contributed by atoms with Gasteiger partial charge < -0.3 is 15.7 Å². The highest BCUT2D eigenvalue weighted by Gasteiger charge is 2.35. The fourth-order valence-corrected chi connectivity index (χ4v) is 2.18. The molecule has 0 heterocycles. The number of carbonyl (C=O) groups excluding carboxylic acids is 1. The molecule has 0 aromatic rings. The molecule has 1 atom stereocenters. The first kappa shape index (κ1) is 15.0. The van der Waals surface area contributed by atoms with Crippen LogP contribution >= 0.6 is 0 Å². The van der Waals surface area contributed by atoms with Gasteiger partial charge in [-0.1, -0.05) is 13.8 Å². The van der Waals surface area contributed by atoms with Crippen LogP contribution in [-0.4, -0.2) is 41.0 Å². The van der Waals surface area contributed by atoms with Gasteiger partial charge in [0.05, 0.1) is 12.3 Å². The molecule has 1 saturated carbocycles. The number of carboxylic acid groups (broad SMARTS) is 1. The Bertz CT molecular complexity index is 301. The standard InChI is InChI=1S/C13H24N2O3/c1-9(2)7-10(8-14)13(18)15(11-3-4-11)6-5-12(16)17/h9-11H,3-8,14H2,1-2H3,(H,16,17). The van der Waals surface area contributed by atoms with E-state index >= 15 is 0 Å². The SMILES string of the molecule is CC(C)CC(CN)C(=O)N(CCC(=O)O)C1CC1. The number of hydrogen-bond acceptors (Lipinski definition) is 3. The monoisotopic (exact) mass is 256 g/mol. The number of hydrogen-bond donors (Lipinski definition) is 2. The van der Waals surface area contributed by atoms with Crippen molar-refractivity contribution in [3.05, 3.63) is 0 Å². The molecule has 0 aliphatic heterocycles. The van der Waals surface area contributed by atoms with E-state index in [0.717, 1.165) is 19.3 Å². The minimum Gasteiger partial charge on any atom is -0.481 e. The van der Waals surface area contributed by atoms with Crippen molar-refractivity contribution >= 4 is 11.9 Å². The molecule has 1 aliphatic carbocycles. The average Bonchev–Trinajstić information content (AvgIpc) is 3.09. The number of carbonyl (C=O) groups is 2. The molecule has 0 spiro atoms. The lowest BCUT2D eigenvalue weighted by molar-refractivity contribution is -0.140. The molecule has 5 nitrogen and oxygen atoms in total. The molecule has 0 aromatic carbocycles. The fourth-order valence-electron chi connectivity index (χ4n) is 2.18. The Morgan fingerprint density at radius 3 is 2.39 bits per heavy atom. The van der Waals surface area contributed by atoms with Gasteiger partial charge >= 0.3 is 5.97 Å². The molecule has 3 N–H and O–H groups in total. The summed E-state index contributed by atoms with van der Waals surface area (Å²) in [5.41, 5.74) is 5.67. The van der Waals surface area contributed by atoms with E-state index in [-0.39, 0.29) is 24.3 Å². The van der Waals surface area contributed by atoms with E-state index in [4.69, 9.17) is 10.8 Å². The van der Waals surface area contributed by atoms with E-state index in [1.54, 1.807) is 4.90 Å². The maximum absolute atomic E-state index is 12.4. The Hall–Kier alpha value is -1.10. The first-order valence-electron chi connectivity index (χ1n) is 6.68. The zero-order valence-electron chi connectivity index (χ0n) is 11.3. The highest BCUT2D eigenvalue weighted by molar-refractivity contribution is 5.80. The molecule has 1 fully saturated rings. The van der Waals surface area contributed by atoms with Gasteiger partial charge in [-0.15, -0.1) is 0 Å². The van der Waals surface area contributed by atoms with Gasteiger partial charge in [0.2, 0.25) is 5.91 Å². The van der Waals surface area contributed by atoms with Crippen molar-refractivity contribution in [1.29, 1.82) is 0 Å². The molecule has 5 heteroatoms. The van der Waals surface area contributed by atoms with Crippen molar-refractivity contribution in [2.75, 3.05) is 13.1 Å². The lowest BCUT2D eigenvalue weighted by atomic mass is 9.95. The molecule has 0 saturated heterocycles. The van der Waals surface area contributed by atoms with Crippen LogP contribution in [0.5, 0.6) is 0 Å². The van der Waals surface area contributed by atoms with Crippen molar-refractivity contribution < 1.29 is 14.7 Å². The minimum absolute atomic E-state index is 0.0151. The number of carboxylic acids is 1. The van der Waals surface area contributed by atoms with E-state index in [1.165, 1.54) is 0 Å². The lowest BCUT2D eigenvalue weighted by Crippen LogP contribution is -2.42. The van der Waals surface area contributed by atoms with E-state index in [1.807, 2.05) is 0 Å². The highest BCUT2D eigenvalue weighted by atomic mass is 16.4. The average molecular weight is 256 g/mol. The molecule has 1 unspecified atom stereocenters. The number of amides is 1. The van der Waals surface area contributed by atoms with Crippen molar-refractivity contribution in [1.82, 2.24) is 4.90 Å². The zero-order chi connectivity index (χ0) is 13.7. The van der Waals surface area contributed by atoms with Crippen LogP contribution < -0.4 is 5.73 Å². The highest BCUT2D eigenvalue weighted by Crippen LogP contribution is 2.29. The van der Waals surface area contributed by atoms with Crippen LogP contribution in [0.2, 0.25) is 0 Å². The van der Waals surface area contributed by atoms with Gasteiger partial charge in [0.1, 0.15) is 0 Å². The molecular weight excluding hydrogens is 232 g/mol. The molecule has 0 bridgehead atoms. The van der Waals surface area contributed by atoms with Crippen molar-refractivity contribution in [3.8, 4) is 0 Å². The van der Waals surface area contributed by atoms with Gasteiger partial charge in [0.15, 0.2) is 0 Å². The van der Waals surface area contributed by atoms with Gasteiger partial charge in [-0.3, -0.25) is 9.59 Å². The van der Waals surface area contributed by atoms with Crippen LogP contribution in [0.4, 0.5) is 0 Å². The van der Waals surface area contributed by atoms with Crippen LogP contribution in [0.15, 0.2) is 0 Å². The summed E-state index contributed by atoms with van der Waals surface area (Å²) in [4.78, 5) is 24.7. The fraction of sp³-hybridized carbons (Fsp3) is 0.846. The van der Waals surface area contributed by atoms with Crippen LogP contribution in [0, 0.1) is 11.8 Å². The summed E-state index contributed by atoms with van der Waals surface area (Å²) in [5, 5.41) is 8.72. The largest absolute Gasteiger partial charge is 0.481 e. The maximum atomic E-state index is 12.4. The number of nitrogens with zero attached hydrogens (tertiary/aromatic N) is 1. The Balaban J connectivity index is 2.59. The smallest absolute Gasteiger partial charge is 0.305 e. The lowest BCUT2D eigenvalue weighted by Gasteiger charge is -2.27. The van der Waals surface area contributed by atoms with Gasteiger partial charge in [-0.2, -0.15) is 0 Å². The summed E-state index contributed by atoms with van der Waals surface area (Å²) < 4.78 is 0. The van der Waals surface area contributed by atoms with Gasteiger partial charge in [-0.05, 0) is 25.2 Å². The predicted molar refractivity (Wildman–Crippen MR) is 69.0 cm³/mol. The van der Waals surface area contributed by atoms with Gasteiger partial charge in [0.25, 0.3) is 0 Å². The second-order valence-electron chi connectivity index (χ2n) is 5.47. The van der Waals surface area contributed by atoms with Crippen molar-refractivity contribution in [2.45, 2.75) is 45.6 Å². The summed E-state index contributed by atoms with van der Waals surface area (Å²) in [6, 6.07) is 0.248. The molecule has 0 aromatic heterocycles. The van der Waals surface area contributed by atoms with Crippen LogP contribution in [0.25, 0.3) is 0 Å². The first-order valence-corrected chi connectivity index (χ1v) is 6.68. The van der Waals surface area contributed by atoms with Crippen LogP contribution in [-0.2, 0) is 9.59 Å². The van der Waals surface area contributed by atoms with Crippen molar-refractivity contribution in [2.24, 2.45) is 17.6 Å². The third kappa shape index (κ3) is 4.64. The quantitative estimate of drug-likeness (QED) is 0.680. The van der Waals surface area contributed by atoms with Crippen molar-refractivity contribution in [3.63, 3.8) is 0 Å². The number of nitrogens with two attached hydrogens (primary N) is 1. The molecule has 1 rings (SSSR count). The normalized spacial score (nSPS) is 16.7. The zero-order valence-corrected chi connectivity index (χ0v) is 11.3. The summed E-state index contributed by atoms with van der Waals surface area (Å²) in [5.74, 6) is -0.570. The van der Waals surface area contributed by atoms with Crippen LogP contribution in [0.3, 0.4) is 0 Å². The molecule has 1 amide bonds.